The van der Waals surface area contributed by atoms with Crippen LogP contribution in [0.5, 0.6) is 0 Å². The van der Waals surface area contributed by atoms with Crippen LogP contribution in [-0.2, 0) is 4.79 Å². The third kappa shape index (κ3) is 1.53. The Morgan fingerprint density at radius 1 is 1.21 bits per heavy atom. The van der Waals surface area contributed by atoms with Gasteiger partial charge in [-0.25, -0.2) is 0 Å². The molecule has 0 amide bonds. The fraction of sp³-hybridized carbons (Fsp3) is 0.900. The maximum Gasteiger partial charge on any atom is 0.324 e. The second kappa shape index (κ2) is 3.87. The first kappa shape index (κ1) is 9.93. The molecule has 2 rings (SSSR count). The van der Waals surface area contributed by atoms with E-state index >= 15 is 0 Å². The van der Waals surface area contributed by atoms with Crippen LogP contribution >= 0.6 is 0 Å². The maximum atomic E-state index is 11.4. The van der Waals surface area contributed by atoms with Gasteiger partial charge in [-0.15, -0.1) is 0 Å². The van der Waals surface area contributed by atoms with Crippen molar-refractivity contribution < 1.29 is 9.90 Å². The lowest BCUT2D eigenvalue weighted by Crippen LogP contribution is -2.58. The van der Waals surface area contributed by atoms with Crippen LogP contribution in [0.25, 0.3) is 0 Å². The Labute approximate surface area is 84.3 Å². The first-order valence-electron chi connectivity index (χ1n) is 5.45. The monoisotopic (exact) mass is 198 g/mol. The highest BCUT2D eigenvalue weighted by Crippen LogP contribution is 2.30. The Bertz CT molecular complexity index is 218. The molecule has 0 aromatic carbocycles. The second-order valence-electron chi connectivity index (χ2n) is 4.28. The average Bonchev–Trinajstić information content (AvgIpc) is 2.72. The van der Waals surface area contributed by atoms with Gasteiger partial charge in [0.05, 0.1) is 0 Å². The summed E-state index contributed by atoms with van der Waals surface area (Å²) in [4.78, 5) is 13.6. The van der Waals surface area contributed by atoms with Crippen molar-refractivity contribution in [3.05, 3.63) is 0 Å². The van der Waals surface area contributed by atoms with E-state index in [1.807, 2.05) is 0 Å². The van der Waals surface area contributed by atoms with Crippen LogP contribution in [0.15, 0.2) is 0 Å². The van der Waals surface area contributed by atoms with Gasteiger partial charge in [-0.2, -0.15) is 0 Å². The number of aliphatic carboxylic acids is 1. The SMILES string of the molecule is O=C(O)C1(N2CCCC2)CCNCC1. The third-order valence-corrected chi connectivity index (χ3v) is 3.54. The van der Waals surface area contributed by atoms with Gasteiger partial charge in [-0.3, -0.25) is 9.69 Å². The van der Waals surface area contributed by atoms with E-state index in [1.54, 1.807) is 0 Å². The van der Waals surface area contributed by atoms with E-state index in [0.717, 1.165) is 51.9 Å². The van der Waals surface area contributed by atoms with Gasteiger partial charge in [-0.05, 0) is 51.9 Å². The lowest BCUT2D eigenvalue weighted by atomic mass is 9.87. The zero-order valence-electron chi connectivity index (χ0n) is 8.46. The van der Waals surface area contributed by atoms with E-state index in [1.165, 1.54) is 0 Å². The summed E-state index contributed by atoms with van der Waals surface area (Å²) in [5.41, 5.74) is -0.554. The van der Waals surface area contributed by atoms with E-state index < -0.39 is 11.5 Å². The molecular formula is C10H18N2O2. The van der Waals surface area contributed by atoms with Crippen molar-refractivity contribution in [1.29, 1.82) is 0 Å². The van der Waals surface area contributed by atoms with Crippen molar-refractivity contribution in [1.82, 2.24) is 10.2 Å². The average molecular weight is 198 g/mol. The van der Waals surface area contributed by atoms with Gasteiger partial charge in [0.15, 0.2) is 0 Å². The van der Waals surface area contributed by atoms with Crippen LogP contribution in [0.1, 0.15) is 25.7 Å². The van der Waals surface area contributed by atoms with Crippen LogP contribution in [0.3, 0.4) is 0 Å². The number of piperidine rings is 1. The quantitative estimate of drug-likeness (QED) is 0.669. The summed E-state index contributed by atoms with van der Waals surface area (Å²) in [7, 11) is 0. The number of carboxylic acid groups (broad SMARTS) is 1. The standard InChI is InChI=1S/C10H18N2O2/c13-9(14)10(3-5-11-6-4-10)12-7-1-2-8-12/h11H,1-8H2,(H,13,14). The number of hydrogen-bond acceptors (Lipinski definition) is 3. The van der Waals surface area contributed by atoms with E-state index in [-0.39, 0.29) is 0 Å². The molecule has 2 fully saturated rings. The molecule has 0 radical (unpaired) electrons. The van der Waals surface area contributed by atoms with Crippen LogP contribution in [0, 0.1) is 0 Å². The lowest BCUT2D eigenvalue weighted by molar-refractivity contribution is -0.153. The molecule has 0 unspecified atom stereocenters. The molecule has 2 N–H and O–H groups in total. The van der Waals surface area contributed by atoms with Gasteiger partial charge in [0, 0.05) is 0 Å². The first-order valence-corrected chi connectivity index (χ1v) is 5.45. The summed E-state index contributed by atoms with van der Waals surface area (Å²) < 4.78 is 0. The highest BCUT2D eigenvalue weighted by molar-refractivity contribution is 5.79. The molecule has 0 aromatic heterocycles. The lowest BCUT2D eigenvalue weighted by Gasteiger charge is -2.41. The molecule has 2 aliphatic heterocycles. The molecule has 4 nitrogen and oxygen atoms in total. The fourth-order valence-electron chi connectivity index (χ4n) is 2.65. The smallest absolute Gasteiger partial charge is 0.324 e. The molecular weight excluding hydrogens is 180 g/mol. The first-order chi connectivity index (χ1) is 6.76. The normalized spacial score (nSPS) is 27.7. The maximum absolute atomic E-state index is 11.4. The van der Waals surface area contributed by atoms with Crippen LogP contribution in [-0.4, -0.2) is 47.7 Å². The highest BCUT2D eigenvalue weighted by Gasteiger charge is 2.45. The molecule has 0 saturated carbocycles. The fourth-order valence-corrected chi connectivity index (χ4v) is 2.65. The summed E-state index contributed by atoms with van der Waals surface area (Å²) in [6.07, 6.45) is 3.82. The number of carbonyl (C=O) groups is 1. The minimum absolute atomic E-state index is 0.554. The Morgan fingerprint density at radius 3 is 2.29 bits per heavy atom. The van der Waals surface area contributed by atoms with Crippen LogP contribution in [0.2, 0.25) is 0 Å². The summed E-state index contributed by atoms with van der Waals surface area (Å²) >= 11 is 0. The molecule has 80 valence electrons. The Balaban J connectivity index is 2.15. The summed E-state index contributed by atoms with van der Waals surface area (Å²) in [5.74, 6) is -0.624. The van der Waals surface area contributed by atoms with Crippen molar-refractivity contribution in [2.45, 2.75) is 31.2 Å². The van der Waals surface area contributed by atoms with Gasteiger partial charge in [0.1, 0.15) is 5.54 Å². The minimum atomic E-state index is -0.624. The Kier molecular flexibility index (Phi) is 2.74. The summed E-state index contributed by atoms with van der Waals surface area (Å²) in [5, 5.41) is 12.6. The molecule has 2 heterocycles. The number of nitrogens with zero attached hydrogens (tertiary/aromatic N) is 1. The predicted molar refractivity (Wildman–Crippen MR) is 53.3 cm³/mol. The third-order valence-electron chi connectivity index (χ3n) is 3.54. The van der Waals surface area contributed by atoms with Gasteiger partial charge >= 0.3 is 5.97 Å². The van der Waals surface area contributed by atoms with Crippen molar-refractivity contribution in [2.75, 3.05) is 26.2 Å². The van der Waals surface area contributed by atoms with Crippen molar-refractivity contribution in [2.24, 2.45) is 0 Å². The molecule has 2 aliphatic rings. The Morgan fingerprint density at radius 2 is 1.79 bits per heavy atom. The van der Waals surface area contributed by atoms with Crippen molar-refractivity contribution in [3.63, 3.8) is 0 Å². The number of nitrogens with one attached hydrogen (secondary N) is 1. The van der Waals surface area contributed by atoms with Crippen molar-refractivity contribution in [3.8, 4) is 0 Å². The molecule has 0 aromatic rings. The van der Waals surface area contributed by atoms with E-state index in [2.05, 4.69) is 10.2 Å². The number of likely N-dealkylation sites (tertiary alicyclic amines) is 1. The number of rotatable bonds is 2. The summed E-state index contributed by atoms with van der Waals surface area (Å²) in [6, 6.07) is 0. The minimum Gasteiger partial charge on any atom is -0.480 e. The van der Waals surface area contributed by atoms with Gasteiger partial charge in [0.25, 0.3) is 0 Å². The van der Waals surface area contributed by atoms with E-state index in [4.69, 9.17) is 0 Å². The predicted octanol–water partition coefficient (Wildman–Crippen LogP) is 0.289. The van der Waals surface area contributed by atoms with E-state index in [9.17, 15) is 9.90 Å². The molecule has 0 spiro atoms. The van der Waals surface area contributed by atoms with E-state index in [0.29, 0.717) is 0 Å². The number of hydrogen-bond donors (Lipinski definition) is 2. The molecule has 14 heavy (non-hydrogen) atoms. The molecule has 0 bridgehead atoms. The zero-order valence-corrected chi connectivity index (χ0v) is 8.46. The molecule has 2 saturated heterocycles. The molecule has 4 heteroatoms. The van der Waals surface area contributed by atoms with Crippen molar-refractivity contribution >= 4 is 5.97 Å². The highest BCUT2D eigenvalue weighted by atomic mass is 16.4. The van der Waals surface area contributed by atoms with Gasteiger partial charge in [-0.1, -0.05) is 0 Å². The Hall–Kier alpha value is -0.610. The second-order valence-corrected chi connectivity index (χ2v) is 4.28. The van der Waals surface area contributed by atoms with Crippen LogP contribution < -0.4 is 5.32 Å². The topological polar surface area (TPSA) is 52.6 Å². The number of carboxylic acids is 1. The largest absolute Gasteiger partial charge is 0.480 e. The molecule has 0 aliphatic carbocycles. The summed E-state index contributed by atoms with van der Waals surface area (Å²) in [6.45, 7) is 3.60. The van der Waals surface area contributed by atoms with Gasteiger partial charge in [0.2, 0.25) is 0 Å². The van der Waals surface area contributed by atoms with Gasteiger partial charge < -0.3 is 10.4 Å². The van der Waals surface area contributed by atoms with Crippen LogP contribution in [0.4, 0.5) is 0 Å². The zero-order chi connectivity index (χ0) is 10.0. The molecule has 0 atom stereocenters.